The molecule has 0 saturated carbocycles. The van der Waals surface area contributed by atoms with Gasteiger partial charge < -0.3 is 19.7 Å². The lowest BCUT2D eigenvalue weighted by Gasteiger charge is -2.30. The normalized spacial score (nSPS) is 13.1. The molecule has 1 unspecified atom stereocenters. The Morgan fingerprint density at radius 2 is 1.86 bits per heavy atom. The Morgan fingerprint density at radius 3 is 2.56 bits per heavy atom. The standard InChI is InChI=1S/C27H23N3O5S/c1-34-27(33)25(36-17-20-5-3-2-4-6-20)26(32)29-21-11-12-22-23(13-21)35-16-24(31)30(22)15-19-9-7-18(14-28)8-10-19/h2-13,25H,15-17H2,1H3,(H,29,32). The number of thioether (sulfide) groups is 1. The van der Waals surface area contributed by atoms with Crippen molar-refractivity contribution in [3.05, 3.63) is 89.5 Å². The smallest absolute Gasteiger partial charge is 0.328 e. The van der Waals surface area contributed by atoms with E-state index in [0.29, 0.717) is 35.0 Å². The summed E-state index contributed by atoms with van der Waals surface area (Å²) in [5, 5.41) is 10.7. The van der Waals surface area contributed by atoms with Crippen LogP contribution in [0.25, 0.3) is 0 Å². The molecule has 182 valence electrons. The number of anilines is 2. The van der Waals surface area contributed by atoms with Crippen LogP contribution in [0, 0.1) is 11.3 Å². The van der Waals surface area contributed by atoms with E-state index in [1.165, 1.54) is 18.9 Å². The fraction of sp³-hybridized carbons (Fsp3) is 0.185. The number of methoxy groups -OCH3 is 1. The number of rotatable bonds is 8. The summed E-state index contributed by atoms with van der Waals surface area (Å²) < 4.78 is 10.5. The highest BCUT2D eigenvalue weighted by Gasteiger charge is 2.30. The van der Waals surface area contributed by atoms with Gasteiger partial charge in [-0.25, -0.2) is 0 Å². The number of esters is 1. The molecule has 1 atom stereocenters. The number of amides is 2. The molecule has 1 aliphatic rings. The summed E-state index contributed by atoms with van der Waals surface area (Å²) in [7, 11) is 1.25. The SMILES string of the molecule is COC(=O)C(SCc1ccccc1)C(=O)Nc1ccc2c(c1)OCC(=O)N2Cc1ccc(C#N)cc1. The van der Waals surface area contributed by atoms with Crippen LogP contribution in [0.1, 0.15) is 16.7 Å². The maximum absolute atomic E-state index is 13.0. The highest BCUT2D eigenvalue weighted by molar-refractivity contribution is 8.00. The highest BCUT2D eigenvalue weighted by Crippen LogP contribution is 2.35. The maximum Gasteiger partial charge on any atom is 0.328 e. The van der Waals surface area contributed by atoms with Gasteiger partial charge in [-0.15, -0.1) is 11.8 Å². The van der Waals surface area contributed by atoms with E-state index in [4.69, 9.17) is 14.7 Å². The maximum atomic E-state index is 13.0. The van der Waals surface area contributed by atoms with Gasteiger partial charge in [0, 0.05) is 17.5 Å². The average Bonchev–Trinajstić information content (AvgIpc) is 2.91. The van der Waals surface area contributed by atoms with E-state index < -0.39 is 17.1 Å². The highest BCUT2D eigenvalue weighted by atomic mass is 32.2. The number of benzene rings is 3. The molecule has 0 spiro atoms. The Labute approximate surface area is 212 Å². The van der Waals surface area contributed by atoms with Crippen molar-refractivity contribution in [1.82, 2.24) is 0 Å². The van der Waals surface area contributed by atoms with Gasteiger partial charge in [-0.2, -0.15) is 5.26 Å². The van der Waals surface area contributed by atoms with Gasteiger partial charge in [0.2, 0.25) is 5.91 Å². The number of nitrogens with one attached hydrogen (secondary N) is 1. The Bertz CT molecular complexity index is 1310. The van der Waals surface area contributed by atoms with Crippen LogP contribution in [0.3, 0.4) is 0 Å². The van der Waals surface area contributed by atoms with E-state index in [-0.39, 0.29) is 12.5 Å². The number of nitriles is 1. The topological polar surface area (TPSA) is 109 Å². The van der Waals surface area contributed by atoms with E-state index in [0.717, 1.165) is 11.1 Å². The van der Waals surface area contributed by atoms with Gasteiger partial charge in [0.05, 0.1) is 31.0 Å². The van der Waals surface area contributed by atoms with Crippen molar-refractivity contribution >= 4 is 40.9 Å². The van der Waals surface area contributed by atoms with Crippen LogP contribution in [0.4, 0.5) is 11.4 Å². The molecule has 1 heterocycles. The molecular weight excluding hydrogens is 478 g/mol. The third-order valence-electron chi connectivity index (χ3n) is 5.51. The van der Waals surface area contributed by atoms with Crippen molar-refractivity contribution in [3.63, 3.8) is 0 Å². The summed E-state index contributed by atoms with van der Waals surface area (Å²) in [6.45, 7) is 0.172. The van der Waals surface area contributed by atoms with Crippen LogP contribution in [0.15, 0.2) is 72.8 Å². The van der Waals surface area contributed by atoms with E-state index in [1.54, 1.807) is 47.4 Å². The first kappa shape index (κ1) is 24.8. The second-order valence-corrected chi connectivity index (χ2v) is 9.04. The molecule has 3 aromatic carbocycles. The quantitative estimate of drug-likeness (QED) is 0.368. The van der Waals surface area contributed by atoms with Gasteiger partial charge in [-0.1, -0.05) is 42.5 Å². The molecule has 2 amide bonds. The first-order chi connectivity index (χ1) is 17.5. The predicted molar refractivity (Wildman–Crippen MR) is 136 cm³/mol. The lowest BCUT2D eigenvalue weighted by Crippen LogP contribution is -2.38. The van der Waals surface area contributed by atoms with Crippen LogP contribution >= 0.6 is 11.8 Å². The van der Waals surface area contributed by atoms with Gasteiger partial charge in [0.1, 0.15) is 5.75 Å². The molecule has 9 heteroatoms. The number of hydrogen-bond acceptors (Lipinski definition) is 7. The summed E-state index contributed by atoms with van der Waals surface area (Å²) in [5.74, 6) is -0.446. The van der Waals surface area contributed by atoms with Crippen molar-refractivity contribution in [2.75, 3.05) is 23.9 Å². The third-order valence-corrected chi connectivity index (χ3v) is 6.75. The van der Waals surface area contributed by atoms with Crippen LogP contribution in [0.2, 0.25) is 0 Å². The third kappa shape index (κ3) is 5.85. The zero-order valence-corrected chi connectivity index (χ0v) is 20.3. The molecule has 36 heavy (non-hydrogen) atoms. The zero-order chi connectivity index (χ0) is 25.5. The molecule has 0 saturated heterocycles. The summed E-state index contributed by atoms with van der Waals surface area (Å²) in [4.78, 5) is 39.4. The second-order valence-electron chi connectivity index (χ2n) is 7.95. The van der Waals surface area contributed by atoms with Crippen molar-refractivity contribution in [3.8, 4) is 11.8 Å². The molecule has 0 radical (unpaired) electrons. The second kappa shape index (κ2) is 11.4. The monoisotopic (exact) mass is 501 g/mol. The Morgan fingerprint density at radius 1 is 1.11 bits per heavy atom. The first-order valence-corrected chi connectivity index (χ1v) is 12.1. The molecule has 1 aliphatic heterocycles. The van der Waals surface area contributed by atoms with E-state index >= 15 is 0 Å². The fourth-order valence-corrected chi connectivity index (χ4v) is 4.64. The Balaban J connectivity index is 1.48. The predicted octanol–water partition coefficient (Wildman–Crippen LogP) is 3.90. The molecule has 1 N–H and O–H groups in total. The number of fused-ring (bicyclic) bond motifs is 1. The van der Waals surface area contributed by atoms with Gasteiger partial charge in [0.25, 0.3) is 5.91 Å². The summed E-state index contributed by atoms with van der Waals surface area (Å²) in [5.41, 5.74) is 3.39. The first-order valence-electron chi connectivity index (χ1n) is 11.1. The van der Waals surface area contributed by atoms with Crippen LogP contribution in [-0.4, -0.2) is 36.8 Å². The van der Waals surface area contributed by atoms with Gasteiger partial charge >= 0.3 is 5.97 Å². The zero-order valence-electron chi connectivity index (χ0n) is 19.5. The minimum Gasteiger partial charge on any atom is -0.481 e. The molecule has 0 aromatic heterocycles. The minimum atomic E-state index is -1.05. The summed E-state index contributed by atoms with van der Waals surface area (Å²) >= 11 is 1.18. The molecule has 0 aliphatic carbocycles. The number of carbonyl (C=O) groups is 3. The number of nitrogens with zero attached hydrogens (tertiary/aromatic N) is 2. The minimum absolute atomic E-state index is 0.140. The van der Waals surface area contributed by atoms with E-state index in [9.17, 15) is 14.4 Å². The largest absolute Gasteiger partial charge is 0.481 e. The van der Waals surface area contributed by atoms with Crippen molar-refractivity contribution < 1.29 is 23.9 Å². The van der Waals surface area contributed by atoms with Crippen molar-refractivity contribution in [2.45, 2.75) is 17.5 Å². The molecule has 3 aromatic rings. The summed E-state index contributed by atoms with van der Waals surface area (Å²) in [6, 6.07) is 23.6. The number of ether oxygens (including phenoxy) is 2. The number of hydrogen-bond donors (Lipinski definition) is 1. The van der Waals surface area contributed by atoms with Crippen LogP contribution < -0.4 is 15.0 Å². The van der Waals surface area contributed by atoms with Gasteiger partial charge in [-0.3, -0.25) is 14.4 Å². The van der Waals surface area contributed by atoms with Crippen molar-refractivity contribution in [2.24, 2.45) is 0 Å². The molecular formula is C27H23N3O5S. The van der Waals surface area contributed by atoms with Crippen molar-refractivity contribution in [1.29, 1.82) is 5.26 Å². The lowest BCUT2D eigenvalue weighted by atomic mass is 10.1. The fourth-order valence-electron chi connectivity index (χ4n) is 3.64. The van der Waals surface area contributed by atoms with Crippen LogP contribution in [-0.2, 0) is 31.4 Å². The molecule has 8 nitrogen and oxygen atoms in total. The Kier molecular flexibility index (Phi) is 7.88. The van der Waals surface area contributed by atoms with E-state index in [1.807, 2.05) is 30.3 Å². The van der Waals surface area contributed by atoms with E-state index in [2.05, 4.69) is 11.4 Å². The Hall–Kier alpha value is -4.29. The molecule has 0 bridgehead atoms. The average molecular weight is 502 g/mol. The number of carbonyl (C=O) groups excluding carboxylic acids is 3. The lowest BCUT2D eigenvalue weighted by molar-refractivity contribution is -0.142. The van der Waals surface area contributed by atoms with Gasteiger partial charge in [-0.05, 0) is 35.4 Å². The van der Waals surface area contributed by atoms with Gasteiger partial charge in [0.15, 0.2) is 11.9 Å². The summed E-state index contributed by atoms with van der Waals surface area (Å²) in [6.07, 6.45) is 0. The molecule has 4 rings (SSSR count). The van der Waals surface area contributed by atoms with Crippen LogP contribution in [0.5, 0.6) is 5.75 Å². The molecule has 0 fully saturated rings.